The van der Waals surface area contributed by atoms with Gasteiger partial charge >= 0.3 is 0 Å². The molecule has 3 nitrogen and oxygen atoms in total. The molecule has 0 aromatic carbocycles. The second-order valence-electron chi connectivity index (χ2n) is 4.49. The van der Waals surface area contributed by atoms with Crippen LogP contribution >= 0.6 is 0 Å². The molecule has 0 saturated heterocycles. The topological polar surface area (TPSA) is 46.2 Å². The Morgan fingerprint density at radius 2 is 1.87 bits per heavy atom. The first-order valence-corrected chi connectivity index (χ1v) is 7.84. The smallest absolute Gasteiger partial charge is 0.147 e. The highest BCUT2D eigenvalue weighted by molar-refractivity contribution is 7.90. The quantitative estimate of drug-likeness (QED) is 0.698. The monoisotopic (exact) mass is 235 g/mol. The Labute approximate surface area is 94.6 Å². The maximum Gasteiger partial charge on any atom is 0.147 e. The Morgan fingerprint density at radius 3 is 2.33 bits per heavy atom. The van der Waals surface area contributed by atoms with Crippen molar-refractivity contribution in [3.05, 3.63) is 0 Å². The fourth-order valence-electron chi connectivity index (χ4n) is 1.49. The second kappa shape index (κ2) is 7.23. The van der Waals surface area contributed by atoms with Crippen molar-refractivity contribution < 1.29 is 8.42 Å². The lowest BCUT2D eigenvalue weighted by molar-refractivity contribution is 0.377. The van der Waals surface area contributed by atoms with Crippen LogP contribution in [0.1, 0.15) is 40.0 Å². The van der Waals surface area contributed by atoms with Crippen molar-refractivity contribution in [2.24, 2.45) is 5.92 Å². The van der Waals surface area contributed by atoms with Crippen molar-refractivity contribution in [1.29, 1.82) is 0 Å². The van der Waals surface area contributed by atoms with E-state index in [4.69, 9.17) is 0 Å². The molecule has 0 radical (unpaired) electrons. The van der Waals surface area contributed by atoms with Gasteiger partial charge < -0.3 is 5.32 Å². The van der Waals surface area contributed by atoms with E-state index in [1.54, 1.807) is 0 Å². The minimum atomic E-state index is -2.78. The highest BCUT2D eigenvalue weighted by Crippen LogP contribution is 2.11. The van der Waals surface area contributed by atoms with Crippen LogP contribution < -0.4 is 5.32 Å². The zero-order valence-electron chi connectivity index (χ0n) is 10.4. The summed E-state index contributed by atoms with van der Waals surface area (Å²) < 4.78 is 21.9. The first-order chi connectivity index (χ1) is 6.87. The standard InChI is InChI=1S/C11H25NO2S/c1-5-8-12-11(3)10(2)7-6-9-15(4,13)14/h10-12H,5-9H2,1-4H3. The molecule has 2 unspecified atom stereocenters. The Morgan fingerprint density at radius 1 is 1.27 bits per heavy atom. The summed E-state index contributed by atoms with van der Waals surface area (Å²) in [6, 6.07) is 0.476. The fourth-order valence-corrected chi connectivity index (χ4v) is 2.18. The average Bonchev–Trinajstić information content (AvgIpc) is 2.11. The molecule has 0 aliphatic rings. The molecule has 92 valence electrons. The summed E-state index contributed by atoms with van der Waals surface area (Å²) in [5, 5.41) is 3.43. The predicted molar refractivity (Wildman–Crippen MR) is 65.9 cm³/mol. The van der Waals surface area contributed by atoms with E-state index in [1.807, 2.05) is 0 Å². The van der Waals surface area contributed by atoms with E-state index in [0.717, 1.165) is 25.8 Å². The lowest BCUT2D eigenvalue weighted by atomic mass is 9.98. The van der Waals surface area contributed by atoms with Crippen LogP contribution in [0.15, 0.2) is 0 Å². The molecule has 0 aromatic heterocycles. The molecule has 0 aliphatic heterocycles. The first-order valence-electron chi connectivity index (χ1n) is 5.78. The SMILES string of the molecule is CCCNC(C)C(C)CCCS(C)(=O)=O. The zero-order chi connectivity index (χ0) is 11.9. The van der Waals surface area contributed by atoms with Gasteiger partial charge in [0.1, 0.15) is 9.84 Å². The molecule has 0 fully saturated rings. The molecule has 15 heavy (non-hydrogen) atoms. The van der Waals surface area contributed by atoms with Gasteiger partial charge in [0, 0.05) is 18.1 Å². The number of rotatable bonds is 8. The molecule has 4 heteroatoms. The molecule has 2 atom stereocenters. The summed E-state index contributed by atoms with van der Waals surface area (Å²) in [4.78, 5) is 0. The van der Waals surface area contributed by atoms with Gasteiger partial charge in [-0.3, -0.25) is 0 Å². The van der Waals surface area contributed by atoms with Crippen LogP contribution in [0.2, 0.25) is 0 Å². The van der Waals surface area contributed by atoms with Gasteiger partial charge in [-0.15, -0.1) is 0 Å². The van der Waals surface area contributed by atoms with E-state index in [9.17, 15) is 8.42 Å². The highest BCUT2D eigenvalue weighted by atomic mass is 32.2. The van der Waals surface area contributed by atoms with Gasteiger partial charge in [-0.2, -0.15) is 0 Å². The molecule has 0 saturated carbocycles. The third-order valence-electron chi connectivity index (χ3n) is 2.74. The van der Waals surface area contributed by atoms with Gasteiger partial charge in [0.05, 0.1) is 0 Å². The summed E-state index contributed by atoms with van der Waals surface area (Å²) in [7, 11) is -2.78. The van der Waals surface area contributed by atoms with Crippen LogP contribution in [0.3, 0.4) is 0 Å². The van der Waals surface area contributed by atoms with Crippen molar-refractivity contribution in [3.63, 3.8) is 0 Å². The summed E-state index contributed by atoms with van der Waals surface area (Å²) in [5.41, 5.74) is 0. The van der Waals surface area contributed by atoms with Crippen LogP contribution in [-0.2, 0) is 9.84 Å². The molecule has 0 amide bonds. The van der Waals surface area contributed by atoms with E-state index in [0.29, 0.717) is 17.7 Å². The molecule has 0 spiro atoms. The largest absolute Gasteiger partial charge is 0.314 e. The fraction of sp³-hybridized carbons (Fsp3) is 1.00. The molecular formula is C11H25NO2S. The van der Waals surface area contributed by atoms with Gasteiger partial charge in [-0.05, 0) is 38.6 Å². The summed E-state index contributed by atoms with van der Waals surface area (Å²) in [6.07, 6.45) is 4.19. The Kier molecular flexibility index (Phi) is 7.18. The Hall–Kier alpha value is -0.0900. The third kappa shape index (κ3) is 8.88. The number of nitrogens with one attached hydrogen (secondary N) is 1. The van der Waals surface area contributed by atoms with E-state index in [1.165, 1.54) is 6.26 Å². The molecule has 0 rings (SSSR count). The van der Waals surface area contributed by atoms with Crippen LogP contribution in [-0.4, -0.2) is 33.0 Å². The van der Waals surface area contributed by atoms with E-state index >= 15 is 0 Å². The first kappa shape index (κ1) is 14.9. The molecule has 0 aliphatic carbocycles. The average molecular weight is 235 g/mol. The summed E-state index contributed by atoms with van der Waals surface area (Å²) in [6.45, 7) is 7.53. The lowest BCUT2D eigenvalue weighted by Crippen LogP contribution is -2.32. The second-order valence-corrected chi connectivity index (χ2v) is 6.75. The van der Waals surface area contributed by atoms with Crippen LogP contribution in [0.5, 0.6) is 0 Å². The third-order valence-corrected chi connectivity index (χ3v) is 3.77. The highest BCUT2D eigenvalue weighted by Gasteiger charge is 2.12. The minimum Gasteiger partial charge on any atom is -0.314 e. The van der Waals surface area contributed by atoms with Crippen LogP contribution in [0.25, 0.3) is 0 Å². The van der Waals surface area contributed by atoms with Gasteiger partial charge in [-0.1, -0.05) is 13.8 Å². The molecule has 0 bridgehead atoms. The Bertz CT molecular complexity index is 249. The minimum absolute atomic E-state index is 0.317. The van der Waals surface area contributed by atoms with Crippen molar-refractivity contribution in [2.45, 2.75) is 46.1 Å². The Balaban J connectivity index is 3.68. The predicted octanol–water partition coefficient (Wildman–Crippen LogP) is 1.84. The maximum absolute atomic E-state index is 10.9. The van der Waals surface area contributed by atoms with Crippen molar-refractivity contribution >= 4 is 9.84 Å². The maximum atomic E-state index is 10.9. The van der Waals surface area contributed by atoms with E-state index < -0.39 is 9.84 Å². The molecule has 0 heterocycles. The lowest BCUT2D eigenvalue weighted by Gasteiger charge is -2.20. The van der Waals surface area contributed by atoms with Crippen molar-refractivity contribution in [2.75, 3.05) is 18.6 Å². The molecule has 1 N–H and O–H groups in total. The van der Waals surface area contributed by atoms with E-state index in [2.05, 4.69) is 26.1 Å². The van der Waals surface area contributed by atoms with Crippen molar-refractivity contribution in [3.8, 4) is 0 Å². The van der Waals surface area contributed by atoms with Crippen molar-refractivity contribution in [1.82, 2.24) is 5.32 Å². The van der Waals surface area contributed by atoms with Crippen LogP contribution in [0, 0.1) is 5.92 Å². The van der Waals surface area contributed by atoms with E-state index in [-0.39, 0.29) is 0 Å². The normalized spacial score (nSPS) is 16.3. The van der Waals surface area contributed by atoms with Gasteiger partial charge in [0.15, 0.2) is 0 Å². The number of hydrogen-bond donors (Lipinski definition) is 1. The number of hydrogen-bond acceptors (Lipinski definition) is 3. The number of sulfone groups is 1. The van der Waals surface area contributed by atoms with Crippen LogP contribution in [0.4, 0.5) is 0 Å². The molecule has 0 aromatic rings. The van der Waals surface area contributed by atoms with Gasteiger partial charge in [-0.25, -0.2) is 8.42 Å². The van der Waals surface area contributed by atoms with Gasteiger partial charge in [0.2, 0.25) is 0 Å². The summed E-state index contributed by atoms with van der Waals surface area (Å²) >= 11 is 0. The summed E-state index contributed by atoms with van der Waals surface area (Å²) in [5.74, 6) is 0.857. The van der Waals surface area contributed by atoms with Gasteiger partial charge in [0.25, 0.3) is 0 Å². The zero-order valence-corrected chi connectivity index (χ0v) is 11.2. The molecular weight excluding hydrogens is 210 g/mol.